The van der Waals surface area contributed by atoms with Gasteiger partial charge in [0.15, 0.2) is 0 Å². The van der Waals surface area contributed by atoms with Crippen LogP contribution in [0.2, 0.25) is 0 Å². The fourth-order valence-corrected chi connectivity index (χ4v) is 2.04. The highest BCUT2D eigenvalue weighted by Gasteiger charge is 2.20. The number of hydrogen-bond acceptors (Lipinski definition) is 6. The summed E-state index contributed by atoms with van der Waals surface area (Å²) in [5.74, 6) is 1.23. The molecule has 2 N–H and O–H groups in total. The topological polar surface area (TPSA) is 85.4 Å². The third-order valence-corrected chi connectivity index (χ3v) is 3.05. The Bertz CT molecular complexity index is 443. The molecule has 0 aromatic carbocycles. The van der Waals surface area contributed by atoms with Gasteiger partial charge in [-0.15, -0.1) is 0 Å². The summed E-state index contributed by atoms with van der Waals surface area (Å²) in [5, 5.41) is 5.88. The molecule has 0 spiro atoms. The highest BCUT2D eigenvalue weighted by molar-refractivity contribution is 5.81. The highest BCUT2D eigenvalue weighted by atomic mass is 16.5. The van der Waals surface area contributed by atoms with E-state index in [0.29, 0.717) is 29.8 Å². The lowest BCUT2D eigenvalue weighted by Gasteiger charge is -2.20. The van der Waals surface area contributed by atoms with Crippen molar-refractivity contribution in [1.82, 2.24) is 20.6 Å². The second-order valence-corrected chi connectivity index (χ2v) is 5.05. The monoisotopic (exact) mass is 296 g/mol. The molecule has 7 nitrogen and oxygen atoms in total. The van der Waals surface area contributed by atoms with Crippen LogP contribution in [0.4, 0.5) is 0 Å². The second kappa shape index (κ2) is 8.41. The zero-order valence-corrected chi connectivity index (χ0v) is 13.3. The Labute approximate surface area is 125 Å². The lowest BCUT2D eigenvalue weighted by Crippen LogP contribution is -2.43. The molecule has 0 bridgehead atoms. The van der Waals surface area contributed by atoms with Gasteiger partial charge in [0.1, 0.15) is 6.33 Å². The standard InChI is InChI=1S/C14H24N4O3/c1-9(2)6-11(12(19)15-3)16-7-10-13(20-4)17-8-18-14(10)21-5/h8-9,11,16H,6-7H2,1-5H3,(H,15,19). The number of likely N-dealkylation sites (N-methyl/N-ethyl adjacent to an activating group) is 1. The van der Waals surface area contributed by atoms with E-state index in [1.54, 1.807) is 7.05 Å². The molecule has 0 aliphatic heterocycles. The van der Waals surface area contributed by atoms with Gasteiger partial charge in [-0.2, -0.15) is 0 Å². The molecule has 0 fully saturated rings. The minimum atomic E-state index is -0.287. The average molecular weight is 296 g/mol. The predicted molar refractivity (Wildman–Crippen MR) is 79.3 cm³/mol. The van der Waals surface area contributed by atoms with Gasteiger partial charge >= 0.3 is 0 Å². The molecule has 0 radical (unpaired) electrons. The average Bonchev–Trinajstić information content (AvgIpc) is 2.49. The number of aromatic nitrogens is 2. The normalized spacial score (nSPS) is 12.1. The first kappa shape index (κ1) is 17.2. The van der Waals surface area contributed by atoms with Gasteiger partial charge in [-0.1, -0.05) is 13.8 Å². The molecule has 1 aromatic heterocycles. The predicted octanol–water partition coefficient (Wildman–Crippen LogP) is 0.744. The minimum Gasteiger partial charge on any atom is -0.481 e. The third-order valence-electron chi connectivity index (χ3n) is 3.05. The van der Waals surface area contributed by atoms with E-state index in [1.807, 2.05) is 0 Å². The van der Waals surface area contributed by atoms with E-state index >= 15 is 0 Å². The van der Waals surface area contributed by atoms with E-state index in [2.05, 4.69) is 34.4 Å². The van der Waals surface area contributed by atoms with Crippen molar-refractivity contribution >= 4 is 5.91 Å². The summed E-state index contributed by atoms with van der Waals surface area (Å²) in [5.41, 5.74) is 0.695. The molecule has 1 atom stereocenters. The Kier molecular flexibility index (Phi) is 6.87. The maximum absolute atomic E-state index is 11.9. The van der Waals surface area contributed by atoms with E-state index in [9.17, 15) is 4.79 Å². The van der Waals surface area contributed by atoms with Crippen molar-refractivity contribution in [2.24, 2.45) is 5.92 Å². The van der Waals surface area contributed by atoms with Crippen LogP contribution in [0.3, 0.4) is 0 Å². The van der Waals surface area contributed by atoms with Gasteiger partial charge in [0.25, 0.3) is 0 Å². The van der Waals surface area contributed by atoms with Gasteiger partial charge in [-0.25, -0.2) is 9.97 Å². The molecule has 1 amide bonds. The van der Waals surface area contributed by atoms with Gasteiger partial charge in [-0.05, 0) is 12.3 Å². The van der Waals surface area contributed by atoms with E-state index in [0.717, 1.165) is 6.42 Å². The van der Waals surface area contributed by atoms with Crippen LogP contribution in [0, 0.1) is 5.92 Å². The summed E-state index contributed by atoms with van der Waals surface area (Å²) in [4.78, 5) is 20.0. The lowest BCUT2D eigenvalue weighted by atomic mass is 10.0. The fraction of sp³-hybridized carbons (Fsp3) is 0.643. The molecule has 118 valence electrons. The SMILES string of the molecule is CNC(=O)C(CC(C)C)NCc1c(OC)ncnc1OC. The summed E-state index contributed by atoms with van der Waals surface area (Å²) in [6.07, 6.45) is 2.11. The van der Waals surface area contributed by atoms with Crippen molar-refractivity contribution in [3.63, 3.8) is 0 Å². The van der Waals surface area contributed by atoms with Crippen LogP contribution < -0.4 is 20.1 Å². The maximum atomic E-state index is 11.9. The number of carbonyl (C=O) groups excluding carboxylic acids is 1. The molecule has 21 heavy (non-hydrogen) atoms. The summed E-state index contributed by atoms with van der Waals surface area (Å²) in [6.45, 7) is 4.53. The summed E-state index contributed by atoms with van der Waals surface area (Å²) in [7, 11) is 4.70. The van der Waals surface area contributed by atoms with Crippen LogP contribution in [0.5, 0.6) is 11.8 Å². The molecule has 1 unspecified atom stereocenters. The van der Waals surface area contributed by atoms with Crippen LogP contribution in [0.25, 0.3) is 0 Å². The van der Waals surface area contributed by atoms with E-state index in [1.165, 1.54) is 20.5 Å². The molecule has 1 aromatic rings. The first-order chi connectivity index (χ1) is 10.0. The molecule has 1 rings (SSSR count). The molecule has 7 heteroatoms. The van der Waals surface area contributed by atoms with Gasteiger partial charge in [0, 0.05) is 13.6 Å². The van der Waals surface area contributed by atoms with Crippen molar-refractivity contribution in [1.29, 1.82) is 0 Å². The smallest absolute Gasteiger partial charge is 0.236 e. The van der Waals surface area contributed by atoms with E-state index in [4.69, 9.17) is 9.47 Å². The summed E-state index contributed by atoms with van der Waals surface area (Å²) < 4.78 is 10.4. The quantitative estimate of drug-likeness (QED) is 0.736. The van der Waals surface area contributed by atoms with Crippen molar-refractivity contribution in [3.05, 3.63) is 11.9 Å². The van der Waals surface area contributed by atoms with Crippen molar-refractivity contribution < 1.29 is 14.3 Å². The van der Waals surface area contributed by atoms with E-state index < -0.39 is 0 Å². The van der Waals surface area contributed by atoms with E-state index in [-0.39, 0.29) is 11.9 Å². The van der Waals surface area contributed by atoms with Crippen LogP contribution in [0.15, 0.2) is 6.33 Å². The number of carbonyl (C=O) groups is 1. The number of nitrogens with one attached hydrogen (secondary N) is 2. The number of methoxy groups -OCH3 is 2. The first-order valence-electron chi connectivity index (χ1n) is 6.90. The number of hydrogen-bond donors (Lipinski definition) is 2. The Morgan fingerprint density at radius 3 is 2.24 bits per heavy atom. The minimum absolute atomic E-state index is 0.0431. The Morgan fingerprint density at radius 2 is 1.81 bits per heavy atom. The number of ether oxygens (including phenoxy) is 2. The van der Waals surface area contributed by atoms with Crippen LogP contribution in [-0.2, 0) is 11.3 Å². The molecular formula is C14H24N4O3. The van der Waals surface area contributed by atoms with Crippen molar-refractivity contribution in [2.45, 2.75) is 32.9 Å². The zero-order chi connectivity index (χ0) is 15.8. The van der Waals surface area contributed by atoms with Gasteiger partial charge in [-0.3, -0.25) is 4.79 Å². The summed E-state index contributed by atoms with van der Waals surface area (Å²) >= 11 is 0. The number of rotatable bonds is 8. The number of amides is 1. The van der Waals surface area contributed by atoms with Crippen molar-refractivity contribution in [3.8, 4) is 11.8 Å². The molecule has 0 saturated carbocycles. The van der Waals surface area contributed by atoms with Crippen LogP contribution in [0.1, 0.15) is 25.8 Å². The molecule has 0 aliphatic carbocycles. The Morgan fingerprint density at radius 1 is 1.24 bits per heavy atom. The Hall–Kier alpha value is -1.89. The van der Waals surface area contributed by atoms with Gasteiger partial charge < -0.3 is 20.1 Å². The largest absolute Gasteiger partial charge is 0.481 e. The molecule has 0 saturated heterocycles. The van der Waals surface area contributed by atoms with Crippen LogP contribution in [-0.4, -0.2) is 43.2 Å². The molecule has 1 heterocycles. The zero-order valence-electron chi connectivity index (χ0n) is 13.3. The van der Waals surface area contributed by atoms with Gasteiger partial charge in [0.05, 0.1) is 25.8 Å². The number of nitrogens with zero attached hydrogens (tertiary/aromatic N) is 2. The van der Waals surface area contributed by atoms with Crippen molar-refractivity contribution in [2.75, 3.05) is 21.3 Å². The van der Waals surface area contributed by atoms with Gasteiger partial charge in [0.2, 0.25) is 17.7 Å². The lowest BCUT2D eigenvalue weighted by molar-refractivity contribution is -0.123. The summed E-state index contributed by atoms with van der Waals surface area (Å²) in [6, 6.07) is -0.287. The fourth-order valence-electron chi connectivity index (χ4n) is 2.04. The van der Waals surface area contributed by atoms with Crippen LogP contribution >= 0.6 is 0 Å². The molecular weight excluding hydrogens is 272 g/mol. The highest BCUT2D eigenvalue weighted by Crippen LogP contribution is 2.23. The second-order valence-electron chi connectivity index (χ2n) is 5.05. The first-order valence-corrected chi connectivity index (χ1v) is 6.90. The third kappa shape index (κ3) is 4.86. The Balaban J connectivity index is 2.86. The maximum Gasteiger partial charge on any atom is 0.236 e. The molecule has 0 aliphatic rings.